The Kier molecular flexibility index (Phi) is 5.21. The van der Waals surface area contributed by atoms with Gasteiger partial charge in [0.05, 0.1) is 0 Å². The Bertz CT molecular complexity index is 755. The van der Waals surface area contributed by atoms with Gasteiger partial charge in [0.1, 0.15) is 11.4 Å². The fraction of sp³-hybridized carbons (Fsp3) is 0.455. The van der Waals surface area contributed by atoms with Crippen molar-refractivity contribution in [2.24, 2.45) is 0 Å². The van der Waals surface area contributed by atoms with Crippen LogP contribution in [0, 0.1) is 0 Å². The summed E-state index contributed by atoms with van der Waals surface area (Å²) in [5, 5.41) is 4.24. The first kappa shape index (κ1) is 17.8. The van der Waals surface area contributed by atoms with E-state index in [1.54, 1.807) is 0 Å². The maximum absolute atomic E-state index is 6.67. The predicted octanol–water partition coefficient (Wildman–Crippen LogP) is 4.64. The molecule has 0 atom stereocenters. The zero-order chi connectivity index (χ0) is 18.0. The predicted molar refractivity (Wildman–Crippen MR) is 107 cm³/mol. The molecule has 2 aromatic rings. The highest BCUT2D eigenvalue weighted by Gasteiger charge is 2.40. The highest BCUT2D eigenvalue weighted by Crippen LogP contribution is 2.38. The van der Waals surface area contributed by atoms with Crippen LogP contribution in [0.25, 0.3) is 0 Å². The number of hydrogen-bond donors (Lipinski definition) is 1. The smallest absolute Gasteiger partial charge is 0.124 e. The van der Waals surface area contributed by atoms with Gasteiger partial charge in [-0.1, -0.05) is 41.9 Å². The largest absolute Gasteiger partial charge is 0.486 e. The van der Waals surface area contributed by atoms with Crippen LogP contribution in [0.4, 0.5) is 0 Å². The normalized spacial score (nSPS) is 26.2. The lowest BCUT2D eigenvalue weighted by atomic mass is 9.81. The molecule has 1 aliphatic carbocycles. The number of fused-ring (bicyclic) bond motifs is 1. The van der Waals surface area contributed by atoms with Gasteiger partial charge in [0.2, 0.25) is 0 Å². The second-order valence-electron chi connectivity index (χ2n) is 7.73. The minimum absolute atomic E-state index is 0.0848. The molecule has 1 fully saturated rings. The molecule has 1 saturated carbocycles. The summed E-state index contributed by atoms with van der Waals surface area (Å²) < 4.78 is 6.67. The van der Waals surface area contributed by atoms with Crippen molar-refractivity contribution in [2.45, 2.75) is 50.4 Å². The van der Waals surface area contributed by atoms with E-state index in [2.05, 4.69) is 53.7 Å². The van der Waals surface area contributed by atoms with Gasteiger partial charge in [-0.15, -0.1) is 0 Å². The Morgan fingerprint density at radius 2 is 1.96 bits per heavy atom. The van der Waals surface area contributed by atoms with Gasteiger partial charge in [0, 0.05) is 36.3 Å². The average Bonchev–Trinajstić information content (AvgIpc) is 2.78. The van der Waals surface area contributed by atoms with Gasteiger partial charge in [-0.25, -0.2) is 0 Å². The summed E-state index contributed by atoms with van der Waals surface area (Å²) in [6, 6.07) is 17.3. The molecule has 0 saturated heterocycles. The minimum Gasteiger partial charge on any atom is -0.486 e. The van der Waals surface area contributed by atoms with E-state index >= 15 is 0 Å². The van der Waals surface area contributed by atoms with Crippen LogP contribution in [0.3, 0.4) is 0 Å². The van der Waals surface area contributed by atoms with Crippen LogP contribution >= 0.6 is 11.6 Å². The molecule has 0 bridgehead atoms. The Morgan fingerprint density at radius 1 is 1.15 bits per heavy atom. The quantitative estimate of drug-likeness (QED) is 0.852. The van der Waals surface area contributed by atoms with Crippen LogP contribution in [0.1, 0.15) is 36.8 Å². The first-order chi connectivity index (χ1) is 12.7. The molecule has 0 radical (unpaired) electrons. The van der Waals surface area contributed by atoms with Gasteiger partial charge in [-0.3, -0.25) is 4.90 Å². The van der Waals surface area contributed by atoms with E-state index < -0.39 is 0 Å². The fourth-order valence-corrected chi connectivity index (χ4v) is 4.61. The molecule has 1 aliphatic heterocycles. The Labute approximate surface area is 161 Å². The third-order valence-electron chi connectivity index (χ3n) is 5.81. The number of nitrogens with one attached hydrogen (secondary N) is 1. The van der Waals surface area contributed by atoms with Crippen LogP contribution in [0.5, 0.6) is 5.75 Å². The molecule has 4 rings (SSSR count). The number of halogens is 1. The number of nitrogens with zero attached hydrogens (tertiary/aromatic N) is 1. The Hall–Kier alpha value is -1.55. The SMILES string of the molecule is CNC1CCC2(CC1)CN(Cc1cccc(Cl)c1)Cc1ccccc1O2. The van der Waals surface area contributed by atoms with Crippen molar-refractivity contribution in [3.63, 3.8) is 0 Å². The number of para-hydroxylation sites is 1. The minimum atomic E-state index is -0.0848. The van der Waals surface area contributed by atoms with Gasteiger partial charge in [0.25, 0.3) is 0 Å². The van der Waals surface area contributed by atoms with Crippen LogP contribution in [0.2, 0.25) is 5.02 Å². The molecule has 1 heterocycles. The molecule has 26 heavy (non-hydrogen) atoms. The zero-order valence-corrected chi connectivity index (χ0v) is 16.1. The van der Waals surface area contributed by atoms with Crippen molar-refractivity contribution in [3.05, 3.63) is 64.7 Å². The number of hydrogen-bond acceptors (Lipinski definition) is 3. The summed E-state index contributed by atoms with van der Waals surface area (Å²) in [5.41, 5.74) is 2.46. The standard InChI is InChI=1S/C22H27ClN2O/c1-24-20-9-11-22(12-10-20)16-25(14-17-5-4-7-19(23)13-17)15-18-6-2-3-8-21(18)26-22/h2-8,13,20,24H,9-12,14-16H2,1H3. The highest BCUT2D eigenvalue weighted by atomic mass is 35.5. The Balaban J connectivity index is 1.60. The van der Waals surface area contributed by atoms with Crippen molar-refractivity contribution < 1.29 is 4.74 Å². The molecule has 0 unspecified atom stereocenters. The first-order valence-corrected chi connectivity index (χ1v) is 9.95. The maximum atomic E-state index is 6.67. The number of rotatable bonds is 3. The molecular formula is C22H27ClN2O. The zero-order valence-electron chi connectivity index (χ0n) is 15.4. The second kappa shape index (κ2) is 7.59. The van der Waals surface area contributed by atoms with Crippen molar-refractivity contribution in [1.82, 2.24) is 10.2 Å². The van der Waals surface area contributed by atoms with Crippen LogP contribution < -0.4 is 10.1 Å². The monoisotopic (exact) mass is 370 g/mol. The lowest BCUT2D eigenvalue weighted by Gasteiger charge is -2.41. The van der Waals surface area contributed by atoms with E-state index in [1.807, 2.05) is 12.1 Å². The van der Waals surface area contributed by atoms with Gasteiger partial charge >= 0.3 is 0 Å². The van der Waals surface area contributed by atoms with E-state index in [1.165, 1.54) is 24.0 Å². The van der Waals surface area contributed by atoms with Crippen LogP contribution in [-0.2, 0) is 13.1 Å². The van der Waals surface area contributed by atoms with Crippen molar-refractivity contribution in [3.8, 4) is 5.75 Å². The van der Waals surface area contributed by atoms with Gasteiger partial charge < -0.3 is 10.1 Å². The summed E-state index contributed by atoms with van der Waals surface area (Å²) >= 11 is 6.20. The fourth-order valence-electron chi connectivity index (χ4n) is 4.40. The Morgan fingerprint density at radius 3 is 2.73 bits per heavy atom. The van der Waals surface area contributed by atoms with Gasteiger partial charge in [-0.05, 0) is 56.5 Å². The van der Waals surface area contributed by atoms with Gasteiger partial charge in [0.15, 0.2) is 0 Å². The lowest BCUT2D eigenvalue weighted by molar-refractivity contribution is -0.00320. The number of benzene rings is 2. The van der Waals surface area contributed by atoms with E-state index in [4.69, 9.17) is 16.3 Å². The average molecular weight is 371 g/mol. The molecular weight excluding hydrogens is 344 g/mol. The third-order valence-corrected chi connectivity index (χ3v) is 6.04. The third kappa shape index (κ3) is 3.90. The molecule has 3 nitrogen and oxygen atoms in total. The summed E-state index contributed by atoms with van der Waals surface area (Å²) in [6.45, 7) is 2.78. The van der Waals surface area contributed by atoms with Gasteiger partial charge in [-0.2, -0.15) is 0 Å². The van der Waals surface area contributed by atoms with Crippen LogP contribution in [0.15, 0.2) is 48.5 Å². The molecule has 4 heteroatoms. The van der Waals surface area contributed by atoms with E-state index in [-0.39, 0.29) is 5.60 Å². The lowest BCUT2D eigenvalue weighted by Crippen LogP contribution is -2.50. The summed E-state index contributed by atoms with van der Waals surface area (Å²) in [7, 11) is 2.07. The molecule has 2 aromatic carbocycles. The van der Waals surface area contributed by atoms with Crippen molar-refractivity contribution in [2.75, 3.05) is 13.6 Å². The summed E-state index contributed by atoms with van der Waals surface area (Å²) in [5.74, 6) is 1.06. The molecule has 2 aliphatic rings. The maximum Gasteiger partial charge on any atom is 0.124 e. The topological polar surface area (TPSA) is 24.5 Å². The van der Waals surface area contributed by atoms with E-state index in [0.29, 0.717) is 6.04 Å². The molecule has 1 N–H and O–H groups in total. The molecule has 138 valence electrons. The van der Waals surface area contributed by atoms with E-state index in [9.17, 15) is 0 Å². The summed E-state index contributed by atoms with van der Waals surface area (Å²) in [6.07, 6.45) is 4.53. The summed E-state index contributed by atoms with van der Waals surface area (Å²) in [4.78, 5) is 2.52. The highest BCUT2D eigenvalue weighted by molar-refractivity contribution is 6.30. The van der Waals surface area contributed by atoms with Crippen molar-refractivity contribution >= 4 is 11.6 Å². The molecule has 1 spiro atoms. The molecule has 0 amide bonds. The van der Waals surface area contributed by atoms with Crippen molar-refractivity contribution in [1.29, 1.82) is 0 Å². The first-order valence-electron chi connectivity index (χ1n) is 9.57. The second-order valence-corrected chi connectivity index (χ2v) is 8.17. The van der Waals surface area contributed by atoms with E-state index in [0.717, 1.165) is 43.2 Å². The van der Waals surface area contributed by atoms with Crippen LogP contribution in [-0.4, -0.2) is 30.1 Å². The number of ether oxygens (including phenoxy) is 1. The molecule has 0 aromatic heterocycles.